The molecule has 114 valence electrons. The second-order valence-electron chi connectivity index (χ2n) is 6.69. The summed E-state index contributed by atoms with van der Waals surface area (Å²) in [5.74, 6) is 0.642. The molecular formula is C19H22N2O. The molecule has 0 saturated heterocycles. The first kappa shape index (κ1) is 13.6. The number of hydrogen-bond acceptors (Lipinski definition) is 2. The number of Topliss-reactive ketones (excluding diaryl/α,β-unsaturated/α-hetero) is 1. The van der Waals surface area contributed by atoms with E-state index in [1.54, 1.807) is 0 Å². The molecule has 3 atom stereocenters. The van der Waals surface area contributed by atoms with Gasteiger partial charge in [-0.3, -0.25) is 4.79 Å². The van der Waals surface area contributed by atoms with E-state index in [0.717, 1.165) is 19.4 Å². The Morgan fingerprint density at radius 2 is 1.95 bits per heavy atom. The third-order valence-electron chi connectivity index (χ3n) is 5.53. The van der Waals surface area contributed by atoms with Crippen LogP contribution in [0.25, 0.3) is 0 Å². The Bertz CT molecular complexity index is 718. The van der Waals surface area contributed by atoms with Crippen molar-refractivity contribution in [2.24, 2.45) is 5.92 Å². The summed E-state index contributed by atoms with van der Waals surface area (Å²) in [5, 5.41) is 0. The fraction of sp³-hybridized carbons (Fsp3) is 0.421. The van der Waals surface area contributed by atoms with Gasteiger partial charge in [-0.25, -0.2) is 0 Å². The molecule has 1 aromatic carbocycles. The molecule has 2 aromatic rings. The fourth-order valence-electron chi connectivity index (χ4n) is 4.28. The third kappa shape index (κ3) is 1.92. The topological polar surface area (TPSA) is 25.2 Å². The van der Waals surface area contributed by atoms with Gasteiger partial charge in [0.05, 0.1) is 5.92 Å². The lowest BCUT2D eigenvalue weighted by atomic mass is 9.75. The second-order valence-corrected chi connectivity index (χ2v) is 6.69. The second kappa shape index (κ2) is 5.01. The van der Waals surface area contributed by atoms with Gasteiger partial charge in [0.1, 0.15) is 5.78 Å². The average Bonchev–Trinajstić information content (AvgIpc) is 3.05. The van der Waals surface area contributed by atoms with Crippen molar-refractivity contribution < 1.29 is 4.79 Å². The van der Waals surface area contributed by atoms with E-state index >= 15 is 0 Å². The van der Waals surface area contributed by atoms with Gasteiger partial charge in [-0.2, -0.15) is 0 Å². The van der Waals surface area contributed by atoms with Crippen LogP contribution in [0.2, 0.25) is 0 Å². The Balaban J connectivity index is 1.64. The molecule has 0 spiro atoms. The molecule has 1 saturated carbocycles. The number of ketones is 1. The monoisotopic (exact) mass is 294 g/mol. The summed E-state index contributed by atoms with van der Waals surface area (Å²) in [6.07, 6.45) is 4.19. The van der Waals surface area contributed by atoms with Gasteiger partial charge < -0.3 is 9.47 Å². The Labute approximate surface area is 131 Å². The third-order valence-corrected chi connectivity index (χ3v) is 5.53. The maximum atomic E-state index is 13.1. The molecule has 3 nitrogen and oxygen atoms in total. The van der Waals surface area contributed by atoms with Crippen LogP contribution in [0.4, 0.5) is 5.69 Å². The number of aromatic nitrogens is 1. The zero-order valence-electron chi connectivity index (χ0n) is 13.2. The number of carbonyl (C=O) groups is 1. The molecule has 3 unspecified atom stereocenters. The van der Waals surface area contributed by atoms with Crippen LogP contribution in [0.3, 0.4) is 0 Å². The van der Waals surface area contributed by atoms with E-state index in [-0.39, 0.29) is 11.8 Å². The first-order valence-electron chi connectivity index (χ1n) is 8.14. The summed E-state index contributed by atoms with van der Waals surface area (Å²) >= 11 is 0. The highest BCUT2D eigenvalue weighted by Gasteiger charge is 2.46. The molecule has 4 rings (SSSR count). The Hall–Kier alpha value is -2.03. The maximum absolute atomic E-state index is 13.1. The van der Waals surface area contributed by atoms with E-state index in [0.29, 0.717) is 11.8 Å². The highest BCUT2D eigenvalue weighted by molar-refractivity contribution is 5.93. The summed E-state index contributed by atoms with van der Waals surface area (Å²) in [6.45, 7) is 2.93. The first-order valence-corrected chi connectivity index (χ1v) is 8.14. The van der Waals surface area contributed by atoms with Gasteiger partial charge in [0.25, 0.3) is 0 Å². The standard InChI is InChI=1S/C19H22N2O/c1-13-6-5-11-21(13)12-14-9-10-17-18(19(14)22)15-7-3-4-8-16(15)20(17)2/h3-8,11,14,17-18H,9-10,12H2,1-2H3. The van der Waals surface area contributed by atoms with Crippen molar-refractivity contribution >= 4 is 11.5 Å². The Morgan fingerprint density at radius 1 is 1.14 bits per heavy atom. The minimum atomic E-state index is 0.0656. The smallest absolute Gasteiger partial charge is 0.147 e. The summed E-state index contributed by atoms with van der Waals surface area (Å²) in [4.78, 5) is 15.4. The van der Waals surface area contributed by atoms with E-state index in [1.807, 2.05) is 0 Å². The predicted octanol–water partition coefficient (Wildman–Crippen LogP) is 3.38. The van der Waals surface area contributed by atoms with Crippen molar-refractivity contribution in [2.45, 2.75) is 38.3 Å². The molecule has 1 aliphatic heterocycles. The number of benzene rings is 1. The quantitative estimate of drug-likeness (QED) is 0.848. The zero-order valence-corrected chi connectivity index (χ0v) is 13.2. The summed E-state index contributed by atoms with van der Waals surface area (Å²) in [6, 6.07) is 12.9. The summed E-state index contributed by atoms with van der Waals surface area (Å²) in [5.41, 5.74) is 3.71. The SMILES string of the molecule is Cc1cccn1CC1CCC2C(C1=O)c1ccccc1N2C. The molecule has 0 bridgehead atoms. The van der Waals surface area contributed by atoms with Gasteiger partial charge in [-0.05, 0) is 43.5 Å². The van der Waals surface area contributed by atoms with Crippen LogP contribution in [0.5, 0.6) is 0 Å². The van der Waals surface area contributed by atoms with Crippen molar-refractivity contribution in [1.29, 1.82) is 0 Å². The number of aryl methyl sites for hydroxylation is 1. The van der Waals surface area contributed by atoms with Crippen LogP contribution in [0.1, 0.15) is 30.0 Å². The number of nitrogens with zero attached hydrogens (tertiary/aromatic N) is 2. The summed E-state index contributed by atoms with van der Waals surface area (Å²) < 4.78 is 2.22. The Morgan fingerprint density at radius 3 is 2.73 bits per heavy atom. The van der Waals surface area contributed by atoms with Crippen LogP contribution in [0.15, 0.2) is 42.6 Å². The minimum Gasteiger partial charge on any atom is -0.370 e. The van der Waals surface area contributed by atoms with Crippen molar-refractivity contribution in [1.82, 2.24) is 4.57 Å². The number of hydrogen-bond donors (Lipinski definition) is 0. The van der Waals surface area contributed by atoms with Crippen molar-refractivity contribution in [2.75, 3.05) is 11.9 Å². The van der Waals surface area contributed by atoms with Gasteiger partial charge in [0, 0.05) is 43.1 Å². The lowest BCUT2D eigenvalue weighted by molar-refractivity contribution is -0.127. The van der Waals surface area contributed by atoms with Crippen molar-refractivity contribution in [3.63, 3.8) is 0 Å². The van der Waals surface area contributed by atoms with Crippen molar-refractivity contribution in [3.05, 3.63) is 53.9 Å². The van der Waals surface area contributed by atoms with Gasteiger partial charge >= 0.3 is 0 Å². The highest BCUT2D eigenvalue weighted by atomic mass is 16.1. The largest absolute Gasteiger partial charge is 0.370 e. The van der Waals surface area contributed by atoms with Crippen LogP contribution in [-0.4, -0.2) is 23.4 Å². The lowest BCUT2D eigenvalue weighted by Gasteiger charge is -2.34. The number of carbonyl (C=O) groups excluding carboxylic acids is 1. The van der Waals surface area contributed by atoms with Gasteiger partial charge in [0.15, 0.2) is 0 Å². The van der Waals surface area contributed by atoms with E-state index in [1.165, 1.54) is 16.9 Å². The fourth-order valence-corrected chi connectivity index (χ4v) is 4.28. The van der Waals surface area contributed by atoms with E-state index in [4.69, 9.17) is 0 Å². The Kier molecular flexibility index (Phi) is 3.10. The molecule has 0 N–H and O–H groups in total. The molecule has 22 heavy (non-hydrogen) atoms. The van der Waals surface area contributed by atoms with Crippen LogP contribution >= 0.6 is 0 Å². The molecule has 0 amide bonds. The average molecular weight is 294 g/mol. The number of fused-ring (bicyclic) bond motifs is 3. The van der Waals surface area contributed by atoms with Crippen LogP contribution < -0.4 is 4.90 Å². The maximum Gasteiger partial charge on any atom is 0.147 e. The summed E-state index contributed by atoms with van der Waals surface area (Å²) in [7, 11) is 2.13. The van der Waals surface area contributed by atoms with E-state index in [9.17, 15) is 4.79 Å². The molecule has 3 heteroatoms. The number of likely N-dealkylation sites (N-methyl/N-ethyl adjacent to an activating group) is 1. The van der Waals surface area contributed by atoms with Crippen LogP contribution in [0, 0.1) is 12.8 Å². The molecule has 2 aliphatic rings. The van der Waals surface area contributed by atoms with E-state index in [2.05, 4.69) is 66.0 Å². The number of para-hydroxylation sites is 1. The molecule has 1 fully saturated rings. The molecule has 2 heterocycles. The van der Waals surface area contributed by atoms with Crippen LogP contribution in [-0.2, 0) is 11.3 Å². The molecule has 0 radical (unpaired) electrons. The predicted molar refractivity (Wildman–Crippen MR) is 88.3 cm³/mol. The van der Waals surface area contributed by atoms with Gasteiger partial charge in [0.2, 0.25) is 0 Å². The number of rotatable bonds is 2. The normalized spacial score (nSPS) is 26.9. The van der Waals surface area contributed by atoms with E-state index < -0.39 is 0 Å². The number of anilines is 1. The van der Waals surface area contributed by atoms with Gasteiger partial charge in [-0.15, -0.1) is 0 Å². The molecule has 1 aromatic heterocycles. The van der Waals surface area contributed by atoms with Gasteiger partial charge in [-0.1, -0.05) is 18.2 Å². The minimum absolute atomic E-state index is 0.0656. The first-order chi connectivity index (χ1) is 10.7. The highest BCUT2D eigenvalue weighted by Crippen LogP contribution is 2.46. The molecular weight excluding hydrogens is 272 g/mol. The van der Waals surface area contributed by atoms with Crippen molar-refractivity contribution in [3.8, 4) is 0 Å². The zero-order chi connectivity index (χ0) is 15.3. The lowest BCUT2D eigenvalue weighted by Crippen LogP contribution is -2.42. The molecule has 1 aliphatic carbocycles.